The fourth-order valence-corrected chi connectivity index (χ4v) is 3.10. The van der Waals surface area contributed by atoms with Gasteiger partial charge in [0.25, 0.3) is 11.1 Å². The average molecular weight is 373 g/mol. The number of nitrogens with one attached hydrogen (secondary N) is 3. The fraction of sp³-hybridized carbons (Fsp3) is 0.105. The summed E-state index contributed by atoms with van der Waals surface area (Å²) in [5, 5.41) is 9.92. The molecule has 0 saturated heterocycles. The van der Waals surface area contributed by atoms with Crippen molar-refractivity contribution in [2.75, 3.05) is 5.43 Å². The smallest absolute Gasteiger partial charge is 0.265 e. The summed E-state index contributed by atoms with van der Waals surface area (Å²) in [5.74, 6) is 0.209. The molecule has 0 saturated carbocycles. The standard InChI is InChI=1S/C19H15N7O2/c1-10-7-16(27)24-19(22-10)25-21-9-13-11(2)12(8-20)17-23-14-5-3-4-6-15(14)26(17)18(13)28/h3-7,9,21H,1-2H3,(H2,22,24,25,27). The van der Waals surface area contributed by atoms with Crippen molar-refractivity contribution in [3.63, 3.8) is 0 Å². The van der Waals surface area contributed by atoms with Gasteiger partial charge < -0.3 is 5.43 Å². The third-order valence-corrected chi connectivity index (χ3v) is 4.39. The maximum atomic E-state index is 13.1. The van der Waals surface area contributed by atoms with Crippen LogP contribution < -0.4 is 27.2 Å². The van der Waals surface area contributed by atoms with Crippen LogP contribution in [0.3, 0.4) is 0 Å². The summed E-state index contributed by atoms with van der Waals surface area (Å²) >= 11 is 0. The number of nitriles is 1. The molecule has 4 aromatic rings. The van der Waals surface area contributed by atoms with Crippen LogP contribution >= 0.6 is 0 Å². The van der Waals surface area contributed by atoms with E-state index >= 15 is 0 Å². The van der Waals surface area contributed by atoms with Gasteiger partial charge in [-0.15, -0.1) is 0 Å². The number of nitrogens with zero attached hydrogens (tertiary/aromatic N) is 4. The van der Waals surface area contributed by atoms with Crippen molar-refractivity contribution in [1.82, 2.24) is 24.8 Å². The lowest BCUT2D eigenvalue weighted by atomic mass is 10.1. The maximum absolute atomic E-state index is 13.1. The van der Waals surface area contributed by atoms with Crippen LogP contribution in [0.25, 0.3) is 22.9 Å². The number of pyridine rings is 1. The van der Waals surface area contributed by atoms with Gasteiger partial charge in [0.1, 0.15) is 6.07 Å². The normalized spacial score (nSPS) is 11.7. The van der Waals surface area contributed by atoms with E-state index in [0.717, 1.165) is 0 Å². The van der Waals surface area contributed by atoms with Gasteiger partial charge in [-0.3, -0.25) is 24.4 Å². The zero-order valence-corrected chi connectivity index (χ0v) is 15.1. The number of rotatable bonds is 3. The highest BCUT2D eigenvalue weighted by Gasteiger charge is 2.15. The molecule has 0 bridgehead atoms. The van der Waals surface area contributed by atoms with Crippen LogP contribution in [-0.4, -0.2) is 19.4 Å². The minimum Gasteiger partial charge on any atom is -0.305 e. The first-order chi connectivity index (χ1) is 13.5. The molecule has 0 spiro atoms. The highest BCUT2D eigenvalue weighted by atomic mass is 16.1. The molecule has 28 heavy (non-hydrogen) atoms. The molecule has 4 rings (SSSR count). The van der Waals surface area contributed by atoms with Gasteiger partial charge in [0, 0.05) is 18.0 Å². The lowest BCUT2D eigenvalue weighted by molar-refractivity contribution is 0.983. The Hall–Kier alpha value is -4.19. The fourth-order valence-electron chi connectivity index (χ4n) is 3.10. The second-order valence-electron chi connectivity index (χ2n) is 6.24. The first kappa shape index (κ1) is 17.2. The van der Waals surface area contributed by atoms with Crippen molar-refractivity contribution in [2.24, 2.45) is 0 Å². The van der Waals surface area contributed by atoms with Crippen LogP contribution in [0.1, 0.15) is 16.8 Å². The monoisotopic (exact) mass is 373 g/mol. The number of hydrogen-bond acceptors (Lipinski definition) is 7. The molecule has 3 aromatic heterocycles. The molecule has 0 amide bonds. The van der Waals surface area contributed by atoms with E-state index in [4.69, 9.17) is 0 Å². The predicted molar refractivity (Wildman–Crippen MR) is 104 cm³/mol. The molecule has 3 N–H and O–H groups in total. The predicted octanol–water partition coefficient (Wildman–Crippen LogP) is 0.493. The van der Waals surface area contributed by atoms with E-state index in [1.807, 2.05) is 12.1 Å². The number of anilines is 1. The van der Waals surface area contributed by atoms with Crippen molar-refractivity contribution in [3.8, 4) is 6.07 Å². The number of imidazole rings is 1. The summed E-state index contributed by atoms with van der Waals surface area (Å²) in [6, 6.07) is 10.7. The molecule has 1 aromatic carbocycles. The van der Waals surface area contributed by atoms with Gasteiger partial charge in [0.2, 0.25) is 5.95 Å². The Kier molecular flexibility index (Phi) is 4.01. The highest BCUT2D eigenvalue weighted by Crippen LogP contribution is 2.17. The molecule has 0 unspecified atom stereocenters. The number of para-hydroxylation sites is 2. The Morgan fingerprint density at radius 1 is 1.21 bits per heavy atom. The molecular weight excluding hydrogens is 358 g/mol. The van der Waals surface area contributed by atoms with Crippen molar-refractivity contribution in [3.05, 3.63) is 73.1 Å². The molecule has 138 valence electrons. The van der Waals surface area contributed by atoms with Gasteiger partial charge >= 0.3 is 0 Å². The first-order valence-corrected chi connectivity index (χ1v) is 8.43. The van der Waals surface area contributed by atoms with E-state index in [2.05, 4.69) is 31.9 Å². The third kappa shape index (κ3) is 2.73. The summed E-state index contributed by atoms with van der Waals surface area (Å²) in [6.45, 7) is 3.39. The number of hydrazine groups is 1. The van der Waals surface area contributed by atoms with Crippen LogP contribution in [0.15, 0.2) is 39.9 Å². The van der Waals surface area contributed by atoms with Crippen LogP contribution in [0.5, 0.6) is 0 Å². The number of hydrogen-bond donors (Lipinski definition) is 3. The van der Waals surface area contributed by atoms with Crippen molar-refractivity contribution in [2.45, 2.75) is 13.8 Å². The molecule has 0 aliphatic rings. The van der Waals surface area contributed by atoms with Gasteiger partial charge in [-0.25, -0.2) is 9.97 Å². The quantitative estimate of drug-likeness (QED) is 0.446. The lowest BCUT2D eigenvalue weighted by Gasteiger charge is -2.06. The number of H-pyrrole nitrogens is 1. The molecule has 3 heterocycles. The minimum absolute atomic E-state index is 0.209. The summed E-state index contributed by atoms with van der Waals surface area (Å²) in [6.07, 6.45) is 1.44. The Morgan fingerprint density at radius 2 is 2.00 bits per heavy atom. The number of benzene rings is 1. The Bertz CT molecular complexity index is 1440. The Balaban J connectivity index is 1.88. The van der Waals surface area contributed by atoms with Gasteiger partial charge in [-0.2, -0.15) is 5.26 Å². The number of aromatic amines is 1. The summed E-state index contributed by atoms with van der Waals surface area (Å²) in [4.78, 5) is 35.7. The zero-order chi connectivity index (χ0) is 19.8. The third-order valence-electron chi connectivity index (χ3n) is 4.39. The SMILES string of the molecule is Cc1cc(=O)[nH]c(NNC=c2c(C)c(C#N)c3nc4ccccc4n3c2=O)n1. The largest absolute Gasteiger partial charge is 0.305 e. The zero-order valence-electron chi connectivity index (χ0n) is 15.1. The second-order valence-corrected chi connectivity index (χ2v) is 6.24. The average Bonchev–Trinajstić information content (AvgIpc) is 3.03. The summed E-state index contributed by atoms with van der Waals surface area (Å²) < 4.78 is 1.43. The van der Waals surface area contributed by atoms with Crippen LogP contribution in [0.4, 0.5) is 5.95 Å². The molecule has 0 aliphatic carbocycles. The van der Waals surface area contributed by atoms with Crippen LogP contribution in [0.2, 0.25) is 0 Å². The van der Waals surface area contributed by atoms with Crippen molar-refractivity contribution in [1.29, 1.82) is 5.26 Å². The second kappa shape index (κ2) is 6.51. The highest BCUT2D eigenvalue weighted by molar-refractivity contribution is 5.82. The molecule has 0 radical (unpaired) electrons. The van der Waals surface area contributed by atoms with Gasteiger partial charge in [-0.05, 0) is 31.5 Å². The Morgan fingerprint density at radius 3 is 2.75 bits per heavy atom. The minimum atomic E-state index is -0.305. The molecule has 0 aliphatic heterocycles. The van der Waals surface area contributed by atoms with Crippen molar-refractivity contribution >= 4 is 28.8 Å². The van der Waals surface area contributed by atoms with Gasteiger partial charge in [-0.1, -0.05) is 12.1 Å². The van der Waals surface area contributed by atoms with Crippen molar-refractivity contribution < 1.29 is 0 Å². The Labute approximate surface area is 158 Å². The molecule has 9 heteroatoms. The van der Waals surface area contributed by atoms with E-state index in [0.29, 0.717) is 38.7 Å². The van der Waals surface area contributed by atoms with E-state index in [-0.39, 0.29) is 17.1 Å². The van der Waals surface area contributed by atoms with E-state index in [9.17, 15) is 14.9 Å². The summed E-state index contributed by atoms with van der Waals surface area (Å²) in [5.41, 5.74) is 7.87. The van der Waals surface area contributed by atoms with E-state index < -0.39 is 0 Å². The summed E-state index contributed by atoms with van der Waals surface area (Å²) in [7, 11) is 0. The topological polar surface area (TPSA) is 128 Å². The first-order valence-electron chi connectivity index (χ1n) is 8.43. The number of aryl methyl sites for hydroxylation is 1. The van der Waals surface area contributed by atoms with E-state index in [1.54, 1.807) is 26.0 Å². The lowest BCUT2D eigenvalue weighted by Crippen LogP contribution is -2.36. The van der Waals surface area contributed by atoms with Gasteiger partial charge in [0.15, 0.2) is 5.65 Å². The molecular formula is C19H15N7O2. The van der Waals surface area contributed by atoms with Crippen LogP contribution in [-0.2, 0) is 0 Å². The molecule has 0 fully saturated rings. The van der Waals surface area contributed by atoms with E-state index in [1.165, 1.54) is 16.7 Å². The van der Waals surface area contributed by atoms with Crippen LogP contribution in [0, 0.1) is 25.2 Å². The van der Waals surface area contributed by atoms with Gasteiger partial charge in [0.05, 0.1) is 21.8 Å². The molecule has 0 atom stereocenters. The number of fused-ring (bicyclic) bond motifs is 3. The maximum Gasteiger partial charge on any atom is 0.265 e. The number of aromatic nitrogens is 4. The molecule has 9 nitrogen and oxygen atoms in total.